The number of aldehydes is 1. The van der Waals surface area contributed by atoms with E-state index in [2.05, 4.69) is 26.2 Å². The van der Waals surface area contributed by atoms with Crippen LogP contribution in [0, 0.1) is 0 Å². The van der Waals surface area contributed by atoms with Crippen LogP contribution >= 0.6 is 27.3 Å². The molecule has 0 spiro atoms. The lowest BCUT2D eigenvalue weighted by atomic mass is 10.2. The number of nitrogens with zero attached hydrogens (tertiary/aromatic N) is 1. The summed E-state index contributed by atoms with van der Waals surface area (Å²) in [7, 11) is 0. The Kier molecular flexibility index (Phi) is 3.37. The SMILES string of the molecule is O=CNc1nc(-c2cc3cc(Br)ccc3o2)c(C=O)s1. The standard InChI is InChI=1S/C13H7BrN2O3S/c14-8-1-2-9-7(3-8)4-10(19-9)12-11(5-17)20-13(16-12)15-6-18/h1-6H,(H,15,16,18). The molecule has 0 bridgehead atoms. The summed E-state index contributed by atoms with van der Waals surface area (Å²) >= 11 is 4.49. The molecular weight excluding hydrogens is 344 g/mol. The molecule has 0 fully saturated rings. The predicted molar refractivity (Wildman–Crippen MR) is 80.1 cm³/mol. The van der Waals surface area contributed by atoms with Gasteiger partial charge in [-0.25, -0.2) is 4.98 Å². The molecule has 1 amide bonds. The van der Waals surface area contributed by atoms with Gasteiger partial charge in [-0.3, -0.25) is 9.59 Å². The molecule has 7 heteroatoms. The second-order valence-corrected chi connectivity index (χ2v) is 5.85. The molecule has 0 aliphatic heterocycles. The number of carbonyl (C=O) groups is 2. The Labute approximate surface area is 125 Å². The van der Waals surface area contributed by atoms with Crippen molar-refractivity contribution in [2.45, 2.75) is 0 Å². The first kappa shape index (κ1) is 13.0. The number of anilines is 1. The van der Waals surface area contributed by atoms with Crippen LogP contribution in [0.25, 0.3) is 22.4 Å². The van der Waals surface area contributed by atoms with E-state index < -0.39 is 0 Å². The van der Waals surface area contributed by atoms with E-state index in [0.29, 0.717) is 39.7 Å². The van der Waals surface area contributed by atoms with Crippen LogP contribution in [0.4, 0.5) is 5.13 Å². The second-order valence-electron chi connectivity index (χ2n) is 3.90. The van der Waals surface area contributed by atoms with Gasteiger partial charge >= 0.3 is 0 Å². The number of fused-ring (bicyclic) bond motifs is 1. The number of nitrogens with one attached hydrogen (secondary N) is 1. The number of hydrogen-bond acceptors (Lipinski definition) is 5. The van der Waals surface area contributed by atoms with Crippen LogP contribution < -0.4 is 5.32 Å². The Balaban J connectivity index is 2.14. The van der Waals surface area contributed by atoms with Gasteiger partial charge in [0.25, 0.3) is 0 Å². The summed E-state index contributed by atoms with van der Waals surface area (Å²) in [5, 5.41) is 3.70. The monoisotopic (exact) mass is 350 g/mol. The van der Waals surface area contributed by atoms with Crippen molar-refractivity contribution >= 4 is 56.1 Å². The van der Waals surface area contributed by atoms with E-state index in [-0.39, 0.29) is 0 Å². The third-order valence-electron chi connectivity index (χ3n) is 2.65. The number of halogens is 1. The highest BCUT2D eigenvalue weighted by molar-refractivity contribution is 9.10. The van der Waals surface area contributed by atoms with Crippen LogP contribution in [-0.4, -0.2) is 17.7 Å². The minimum Gasteiger partial charge on any atom is -0.454 e. The van der Waals surface area contributed by atoms with Gasteiger partial charge in [-0.15, -0.1) is 0 Å². The summed E-state index contributed by atoms with van der Waals surface area (Å²) in [6.07, 6.45) is 1.22. The molecule has 0 radical (unpaired) electrons. The lowest BCUT2D eigenvalue weighted by Crippen LogP contribution is -1.91. The molecule has 3 aromatic rings. The molecule has 20 heavy (non-hydrogen) atoms. The number of aromatic nitrogens is 1. The quantitative estimate of drug-likeness (QED) is 0.728. The summed E-state index contributed by atoms with van der Waals surface area (Å²) < 4.78 is 6.63. The molecular formula is C13H7BrN2O3S. The average molecular weight is 351 g/mol. The summed E-state index contributed by atoms with van der Waals surface area (Å²) in [5.41, 5.74) is 1.14. The first-order chi connectivity index (χ1) is 9.71. The van der Waals surface area contributed by atoms with E-state index in [1.807, 2.05) is 24.3 Å². The van der Waals surface area contributed by atoms with Crippen molar-refractivity contribution in [1.29, 1.82) is 0 Å². The van der Waals surface area contributed by atoms with Gasteiger partial charge in [-0.1, -0.05) is 27.3 Å². The normalized spacial score (nSPS) is 10.7. The summed E-state index contributed by atoms with van der Waals surface area (Å²) in [6, 6.07) is 7.43. The maximum absolute atomic E-state index is 11.1. The van der Waals surface area contributed by atoms with Crippen LogP contribution in [0.5, 0.6) is 0 Å². The third kappa shape index (κ3) is 2.25. The predicted octanol–water partition coefficient (Wildman–Crippen LogP) is 3.70. The van der Waals surface area contributed by atoms with Gasteiger partial charge in [0.15, 0.2) is 17.2 Å². The lowest BCUT2D eigenvalue weighted by molar-refractivity contribution is -0.105. The zero-order chi connectivity index (χ0) is 14.1. The zero-order valence-electron chi connectivity index (χ0n) is 9.92. The molecule has 1 N–H and O–H groups in total. The number of rotatable bonds is 4. The minimum atomic E-state index is 0.360. The highest BCUT2D eigenvalue weighted by atomic mass is 79.9. The molecule has 0 aliphatic carbocycles. The lowest BCUT2D eigenvalue weighted by Gasteiger charge is -1.90. The second kappa shape index (κ2) is 5.18. The first-order valence-corrected chi connectivity index (χ1v) is 7.18. The van der Waals surface area contributed by atoms with Gasteiger partial charge in [0.2, 0.25) is 6.41 Å². The smallest absolute Gasteiger partial charge is 0.213 e. The van der Waals surface area contributed by atoms with Gasteiger partial charge in [0.1, 0.15) is 16.2 Å². The van der Waals surface area contributed by atoms with Crippen LogP contribution in [0.2, 0.25) is 0 Å². The fourth-order valence-electron chi connectivity index (χ4n) is 1.83. The van der Waals surface area contributed by atoms with Gasteiger partial charge in [0, 0.05) is 9.86 Å². The van der Waals surface area contributed by atoms with Crippen molar-refractivity contribution < 1.29 is 14.0 Å². The Morgan fingerprint density at radius 2 is 2.15 bits per heavy atom. The topological polar surface area (TPSA) is 72.2 Å². The number of thiazole rings is 1. The summed E-state index contributed by atoms with van der Waals surface area (Å²) in [4.78, 5) is 26.1. The third-order valence-corrected chi connectivity index (χ3v) is 4.06. The van der Waals surface area contributed by atoms with Crippen molar-refractivity contribution in [3.63, 3.8) is 0 Å². The van der Waals surface area contributed by atoms with Crippen molar-refractivity contribution in [3.05, 3.63) is 33.6 Å². The van der Waals surface area contributed by atoms with Crippen LogP contribution in [0.3, 0.4) is 0 Å². The zero-order valence-corrected chi connectivity index (χ0v) is 12.3. The largest absolute Gasteiger partial charge is 0.454 e. The maximum Gasteiger partial charge on any atom is 0.213 e. The van der Waals surface area contributed by atoms with E-state index >= 15 is 0 Å². The molecule has 100 valence electrons. The average Bonchev–Trinajstić information content (AvgIpc) is 3.01. The van der Waals surface area contributed by atoms with E-state index in [0.717, 1.165) is 21.2 Å². The number of hydrogen-bond donors (Lipinski definition) is 1. The van der Waals surface area contributed by atoms with Crippen molar-refractivity contribution in [2.24, 2.45) is 0 Å². The first-order valence-electron chi connectivity index (χ1n) is 5.57. The molecule has 5 nitrogen and oxygen atoms in total. The Morgan fingerprint density at radius 1 is 1.30 bits per heavy atom. The van der Waals surface area contributed by atoms with Crippen LogP contribution in [0.1, 0.15) is 9.67 Å². The van der Waals surface area contributed by atoms with Gasteiger partial charge in [-0.05, 0) is 24.3 Å². The summed E-state index contributed by atoms with van der Waals surface area (Å²) in [5.74, 6) is 0.496. The molecule has 0 unspecified atom stereocenters. The van der Waals surface area contributed by atoms with Crippen molar-refractivity contribution in [2.75, 3.05) is 5.32 Å². The maximum atomic E-state index is 11.1. The van der Waals surface area contributed by atoms with Gasteiger partial charge in [0.05, 0.1) is 0 Å². The highest BCUT2D eigenvalue weighted by Crippen LogP contribution is 2.34. The molecule has 0 aliphatic rings. The molecule has 3 rings (SSSR count). The Hall–Kier alpha value is -1.99. The molecule has 2 aromatic heterocycles. The highest BCUT2D eigenvalue weighted by Gasteiger charge is 2.16. The molecule has 0 saturated heterocycles. The van der Waals surface area contributed by atoms with Crippen LogP contribution in [-0.2, 0) is 4.79 Å². The fourth-order valence-corrected chi connectivity index (χ4v) is 2.95. The number of furan rings is 1. The van der Waals surface area contributed by atoms with E-state index in [4.69, 9.17) is 4.42 Å². The van der Waals surface area contributed by atoms with E-state index in [1.165, 1.54) is 0 Å². The van der Waals surface area contributed by atoms with Crippen molar-refractivity contribution in [1.82, 2.24) is 4.98 Å². The molecule has 0 atom stereocenters. The molecule has 2 heterocycles. The number of amides is 1. The van der Waals surface area contributed by atoms with E-state index in [9.17, 15) is 9.59 Å². The fraction of sp³-hybridized carbons (Fsp3) is 0. The van der Waals surface area contributed by atoms with Gasteiger partial charge < -0.3 is 9.73 Å². The summed E-state index contributed by atoms with van der Waals surface area (Å²) in [6.45, 7) is 0. The minimum absolute atomic E-state index is 0.360. The van der Waals surface area contributed by atoms with Crippen LogP contribution in [0.15, 0.2) is 33.2 Å². The van der Waals surface area contributed by atoms with Crippen molar-refractivity contribution in [3.8, 4) is 11.5 Å². The number of benzene rings is 1. The van der Waals surface area contributed by atoms with Gasteiger partial charge in [-0.2, -0.15) is 0 Å². The Bertz CT molecular complexity index is 809. The number of carbonyl (C=O) groups excluding carboxylic acids is 2. The Morgan fingerprint density at radius 3 is 2.90 bits per heavy atom. The molecule has 0 saturated carbocycles. The molecule has 1 aromatic carbocycles. The van der Waals surface area contributed by atoms with E-state index in [1.54, 1.807) is 0 Å².